The molecule has 2 aliphatic rings. The van der Waals surface area contributed by atoms with Gasteiger partial charge in [0.1, 0.15) is 11.6 Å². The Hall–Kier alpha value is -2.84. The molecule has 3 rings (SSSR count). The standard InChI is InChI=1S/C15H17FN4O4/c16-11-1-2-12-10(7-11)8-19(13(21)9-24-12)5-3-17-14(22)20-6-4-18-15(20)23/h1-2,7H,3-6,8-9H2,(H,17,22)(H,18,23). The molecule has 0 unspecified atom stereocenters. The van der Waals surface area contributed by atoms with Crippen molar-refractivity contribution in [3.8, 4) is 5.75 Å². The van der Waals surface area contributed by atoms with Gasteiger partial charge in [0.15, 0.2) is 6.61 Å². The number of halogens is 1. The van der Waals surface area contributed by atoms with Gasteiger partial charge in [0, 0.05) is 38.3 Å². The van der Waals surface area contributed by atoms with E-state index >= 15 is 0 Å². The highest BCUT2D eigenvalue weighted by atomic mass is 19.1. The van der Waals surface area contributed by atoms with Crippen molar-refractivity contribution in [1.29, 1.82) is 0 Å². The van der Waals surface area contributed by atoms with Gasteiger partial charge < -0.3 is 20.3 Å². The van der Waals surface area contributed by atoms with E-state index in [1.807, 2.05) is 0 Å². The summed E-state index contributed by atoms with van der Waals surface area (Å²) in [6.45, 7) is 1.22. The van der Waals surface area contributed by atoms with Gasteiger partial charge in [-0.1, -0.05) is 0 Å². The Morgan fingerprint density at radius 1 is 1.38 bits per heavy atom. The number of fused-ring (bicyclic) bond motifs is 1. The van der Waals surface area contributed by atoms with Crippen LogP contribution in [0.3, 0.4) is 0 Å². The van der Waals surface area contributed by atoms with Crippen molar-refractivity contribution in [2.45, 2.75) is 6.54 Å². The summed E-state index contributed by atoms with van der Waals surface area (Å²) in [7, 11) is 0. The molecule has 0 saturated carbocycles. The molecule has 1 saturated heterocycles. The van der Waals surface area contributed by atoms with Crippen molar-refractivity contribution < 1.29 is 23.5 Å². The van der Waals surface area contributed by atoms with Crippen molar-refractivity contribution >= 4 is 18.0 Å². The Labute approximate surface area is 137 Å². The Morgan fingerprint density at radius 3 is 2.96 bits per heavy atom. The molecule has 0 aromatic heterocycles. The molecule has 9 heteroatoms. The SMILES string of the molecule is O=C1COc2ccc(F)cc2CN1CCNC(=O)N1CCNC1=O. The number of hydrogen-bond acceptors (Lipinski definition) is 4. The minimum atomic E-state index is -0.505. The van der Waals surface area contributed by atoms with Crippen LogP contribution in [0.25, 0.3) is 0 Å². The summed E-state index contributed by atoms with van der Waals surface area (Å²) >= 11 is 0. The molecule has 8 nitrogen and oxygen atoms in total. The van der Waals surface area contributed by atoms with E-state index in [1.54, 1.807) is 0 Å². The first-order chi connectivity index (χ1) is 11.5. The van der Waals surface area contributed by atoms with Gasteiger partial charge in [0.25, 0.3) is 5.91 Å². The van der Waals surface area contributed by atoms with Crippen LogP contribution < -0.4 is 15.4 Å². The summed E-state index contributed by atoms with van der Waals surface area (Å²) < 4.78 is 18.7. The largest absolute Gasteiger partial charge is 0.483 e. The van der Waals surface area contributed by atoms with Gasteiger partial charge in [-0.2, -0.15) is 0 Å². The van der Waals surface area contributed by atoms with Crippen molar-refractivity contribution in [3.05, 3.63) is 29.6 Å². The lowest BCUT2D eigenvalue weighted by Gasteiger charge is -2.21. The predicted octanol–water partition coefficient (Wildman–Crippen LogP) is 0.281. The molecule has 1 fully saturated rings. The number of nitrogens with zero attached hydrogens (tertiary/aromatic N) is 2. The third-order valence-electron chi connectivity index (χ3n) is 3.85. The predicted molar refractivity (Wildman–Crippen MR) is 80.8 cm³/mol. The van der Waals surface area contributed by atoms with Gasteiger partial charge >= 0.3 is 12.1 Å². The third kappa shape index (κ3) is 3.39. The maximum absolute atomic E-state index is 13.4. The van der Waals surface area contributed by atoms with Gasteiger partial charge in [-0.05, 0) is 18.2 Å². The number of carbonyl (C=O) groups excluding carboxylic acids is 3. The van der Waals surface area contributed by atoms with Crippen LogP contribution in [-0.2, 0) is 11.3 Å². The third-order valence-corrected chi connectivity index (χ3v) is 3.85. The van der Waals surface area contributed by atoms with Gasteiger partial charge in [0.2, 0.25) is 0 Å². The number of amides is 5. The molecule has 24 heavy (non-hydrogen) atoms. The monoisotopic (exact) mass is 336 g/mol. The van der Waals surface area contributed by atoms with Crippen LogP contribution in [-0.4, -0.2) is 60.6 Å². The van der Waals surface area contributed by atoms with E-state index in [4.69, 9.17) is 4.74 Å². The zero-order valence-electron chi connectivity index (χ0n) is 12.9. The normalized spacial score (nSPS) is 17.0. The molecule has 1 aromatic rings. The first-order valence-electron chi connectivity index (χ1n) is 7.57. The summed E-state index contributed by atoms with van der Waals surface area (Å²) in [5, 5.41) is 5.13. The summed E-state index contributed by atoms with van der Waals surface area (Å²) in [6.07, 6.45) is 0. The van der Waals surface area contributed by atoms with E-state index in [1.165, 1.54) is 23.1 Å². The Kier molecular flexibility index (Phi) is 4.50. The maximum Gasteiger partial charge on any atom is 0.325 e. The quantitative estimate of drug-likeness (QED) is 0.830. The molecule has 2 aliphatic heterocycles. The second-order valence-corrected chi connectivity index (χ2v) is 5.47. The number of nitrogens with one attached hydrogen (secondary N) is 2. The van der Waals surface area contributed by atoms with Crippen LogP contribution in [0.2, 0.25) is 0 Å². The van der Waals surface area contributed by atoms with Crippen LogP contribution >= 0.6 is 0 Å². The zero-order chi connectivity index (χ0) is 17.1. The van der Waals surface area contributed by atoms with Crippen LogP contribution in [0.1, 0.15) is 5.56 Å². The van der Waals surface area contributed by atoms with Crippen molar-refractivity contribution in [3.63, 3.8) is 0 Å². The summed E-state index contributed by atoms with van der Waals surface area (Å²) in [5.74, 6) is -0.176. The highest BCUT2D eigenvalue weighted by molar-refractivity contribution is 5.94. The molecule has 0 bridgehead atoms. The molecule has 2 heterocycles. The number of hydrogen-bond donors (Lipinski definition) is 2. The van der Waals surface area contributed by atoms with E-state index in [0.717, 1.165) is 4.90 Å². The maximum atomic E-state index is 13.4. The van der Waals surface area contributed by atoms with E-state index in [9.17, 15) is 18.8 Å². The lowest BCUT2D eigenvalue weighted by molar-refractivity contribution is -0.133. The summed E-state index contributed by atoms with van der Waals surface area (Å²) in [4.78, 5) is 37.9. The number of imide groups is 1. The van der Waals surface area contributed by atoms with Crippen LogP contribution in [0, 0.1) is 5.82 Å². The number of benzene rings is 1. The van der Waals surface area contributed by atoms with E-state index < -0.39 is 17.9 Å². The van der Waals surface area contributed by atoms with Crippen molar-refractivity contribution in [2.24, 2.45) is 0 Å². The van der Waals surface area contributed by atoms with Gasteiger partial charge in [-0.25, -0.2) is 18.9 Å². The second-order valence-electron chi connectivity index (χ2n) is 5.47. The minimum Gasteiger partial charge on any atom is -0.483 e. The average Bonchev–Trinajstić information content (AvgIpc) is 2.92. The fraction of sp³-hybridized carbons (Fsp3) is 0.400. The Balaban J connectivity index is 1.57. The van der Waals surface area contributed by atoms with Crippen LogP contribution in [0.4, 0.5) is 14.0 Å². The molecular formula is C15H17FN4O4. The highest BCUT2D eigenvalue weighted by Gasteiger charge is 2.26. The molecule has 0 atom stereocenters. The zero-order valence-corrected chi connectivity index (χ0v) is 12.9. The summed E-state index contributed by atoms with van der Waals surface area (Å²) in [6, 6.07) is 3.16. The lowest BCUT2D eigenvalue weighted by atomic mass is 10.2. The second kappa shape index (κ2) is 6.73. The summed E-state index contributed by atoms with van der Waals surface area (Å²) in [5.41, 5.74) is 0.575. The van der Waals surface area contributed by atoms with Gasteiger partial charge in [-0.3, -0.25) is 4.79 Å². The molecule has 2 N–H and O–H groups in total. The fourth-order valence-corrected chi connectivity index (χ4v) is 2.60. The topological polar surface area (TPSA) is 91.0 Å². The van der Waals surface area contributed by atoms with E-state index in [-0.39, 0.29) is 32.1 Å². The Morgan fingerprint density at radius 2 is 2.21 bits per heavy atom. The van der Waals surface area contributed by atoms with Crippen molar-refractivity contribution in [2.75, 3.05) is 32.8 Å². The first kappa shape index (κ1) is 16.0. The van der Waals surface area contributed by atoms with Crippen LogP contribution in [0.15, 0.2) is 18.2 Å². The number of urea groups is 2. The van der Waals surface area contributed by atoms with E-state index in [0.29, 0.717) is 24.4 Å². The molecule has 5 amide bonds. The molecule has 0 spiro atoms. The molecule has 128 valence electrons. The smallest absolute Gasteiger partial charge is 0.325 e. The number of ether oxygens (including phenoxy) is 1. The van der Waals surface area contributed by atoms with Gasteiger partial charge in [0.05, 0.1) is 0 Å². The van der Waals surface area contributed by atoms with E-state index in [2.05, 4.69) is 10.6 Å². The highest BCUT2D eigenvalue weighted by Crippen LogP contribution is 2.24. The molecular weight excluding hydrogens is 319 g/mol. The fourth-order valence-electron chi connectivity index (χ4n) is 2.60. The molecule has 0 radical (unpaired) electrons. The van der Waals surface area contributed by atoms with Crippen molar-refractivity contribution in [1.82, 2.24) is 20.4 Å². The lowest BCUT2D eigenvalue weighted by Crippen LogP contribution is -2.45. The average molecular weight is 336 g/mol. The Bertz CT molecular complexity index is 681. The number of carbonyl (C=O) groups is 3. The minimum absolute atomic E-state index is 0.138. The van der Waals surface area contributed by atoms with Crippen LogP contribution in [0.5, 0.6) is 5.75 Å². The first-order valence-corrected chi connectivity index (χ1v) is 7.57. The molecule has 1 aromatic carbocycles. The number of rotatable bonds is 3. The molecule has 0 aliphatic carbocycles. The van der Waals surface area contributed by atoms with Gasteiger partial charge in [-0.15, -0.1) is 0 Å².